The van der Waals surface area contributed by atoms with Gasteiger partial charge in [-0.1, -0.05) is 38.5 Å². The van der Waals surface area contributed by atoms with Crippen LogP contribution in [0.15, 0.2) is 59.9 Å². The summed E-state index contributed by atoms with van der Waals surface area (Å²) in [6.45, 7) is 9.65. The van der Waals surface area contributed by atoms with E-state index in [0.29, 0.717) is 5.05 Å². The largest absolute Gasteiger partial charge is 0.485 e. The summed E-state index contributed by atoms with van der Waals surface area (Å²) in [4.78, 5) is 8.30. The van der Waals surface area contributed by atoms with Gasteiger partial charge in [0.15, 0.2) is 16.5 Å². The zero-order valence-electron chi connectivity index (χ0n) is 21.6. The molecular weight excluding hydrogens is 530 g/mol. The average Bonchev–Trinajstić information content (AvgIpc) is 3.21. The molecule has 0 bridgehead atoms. The van der Waals surface area contributed by atoms with Gasteiger partial charge in [-0.15, -0.1) is 0 Å². The van der Waals surface area contributed by atoms with Gasteiger partial charge in [-0.2, -0.15) is 0 Å². The minimum Gasteiger partial charge on any atom is -0.485 e. The number of hydrogen-bond donors (Lipinski definition) is 1. The van der Waals surface area contributed by atoms with E-state index >= 15 is 0 Å². The Bertz CT molecular complexity index is 1610. The van der Waals surface area contributed by atoms with Crippen molar-refractivity contribution in [3.05, 3.63) is 72.2 Å². The Balaban J connectivity index is 1.83. The van der Waals surface area contributed by atoms with E-state index in [2.05, 4.69) is 15.3 Å². The summed E-state index contributed by atoms with van der Waals surface area (Å²) in [5, 5.41) is 3.76. The summed E-state index contributed by atoms with van der Waals surface area (Å²) >= 11 is 5.02. The van der Waals surface area contributed by atoms with Gasteiger partial charge in [0.1, 0.15) is 12.4 Å². The highest BCUT2D eigenvalue weighted by molar-refractivity contribution is 7.90. The van der Waals surface area contributed by atoms with Gasteiger partial charge in [0.05, 0.1) is 34.7 Å². The molecule has 4 aromatic rings. The molecule has 7 nitrogen and oxygen atoms in total. The number of aromatic nitrogens is 3. The van der Waals surface area contributed by atoms with Crippen LogP contribution in [0.1, 0.15) is 33.3 Å². The van der Waals surface area contributed by atoms with Crippen molar-refractivity contribution in [2.45, 2.75) is 45.6 Å². The van der Waals surface area contributed by atoms with Gasteiger partial charge in [0.2, 0.25) is 0 Å². The maximum absolute atomic E-state index is 14.9. The van der Waals surface area contributed by atoms with Crippen LogP contribution in [-0.2, 0) is 14.8 Å². The van der Waals surface area contributed by atoms with Crippen LogP contribution in [-0.4, -0.2) is 40.1 Å². The van der Waals surface area contributed by atoms with Gasteiger partial charge in [-0.25, -0.2) is 26.2 Å². The standard InChI is InChI=1S/C27H28F2N4O3S2/c1-16-6-8-19(9-7-16)38(34,35)33-14-21(20-10-18(28)12-31-26(20)33)23-11-24(22(29)13-30-23)32-25(27(3,4)5)15-36-17(2)37/h6-14,25H,15H2,1-5H3,(H,30,32)/t25-/m1/s1. The first-order valence-electron chi connectivity index (χ1n) is 11.8. The predicted molar refractivity (Wildman–Crippen MR) is 148 cm³/mol. The summed E-state index contributed by atoms with van der Waals surface area (Å²) < 4.78 is 62.7. The molecule has 0 saturated heterocycles. The van der Waals surface area contributed by atoms with E-state index in [9.17, 15) is 17.2 Å². The van der Waals surface area contributed by atoms with Crippen LogP contribution in [0.2, 0.25) is 0 Å². The number of anilines is 1. The third kappa shape index (κ3) is 5.68. The highest BCUT2D eigenvalue weighted by Gasteiger charge is 2.28. The molecule has 4 rings (SSSR count). The maximum atomic E-state index is 14.9. The summed E-state index contributed by atoms with van der Waals surface area (Å²) in [5.74, 6) is -1.26. The monoisotopic (exact) mass is 558 g/mol. The van der Waals surface area contributed by atoms with Crippen LogP contribution in [0.4, 0.5) is 14.5 Å². The predicted octanol–water partition coefficient (Wildman–Crippen LogP) is 6.11. The number of aryl methyl sites for hydroxylation is 1. The van der Waals surface area contributed by atoms with E-state index < -0.39 is 21.7 Å². The van der Waals surface area contributed by atoms with E-state index in [1.165, 1.54) is 30.5 Å². The molecule has 0 amide bonds. The van der Waals surface area contributed by atoms with Crippen molar-refractivity contribution in [2.24, 2.45) is 5.41 Å². The third-order valence-corrected chi connectivity index (χ3v) is 7.90. The minimum absolute atomic E-state index is 0.0278. The molecule has 0 unspecified atom stereocenters. The molecule has 0 aliphatic carbocycles. The van der Waals surface area contributed by atoms with Gasteiger partial charge in [-0.3, -0.25) is 4.98 Å². The van der Waals surface area contributed by atoms with Crippen LogP contribution in [0.5, 0.6) is 0 Å². The van der Waals surface area contributed by atoms with Crippen molar-refractivity contribution in [1.82, 2.24) is 13.9 Å². The first kappa shape index (κ1) is 27.6. The first-order chi connectivity index (χ1) is 17.8. The zero-order chi connectivity index (χ0) is 27.8. The number of rotatable bonds is 7. The SMILES string of the molecule is CC(=S)OC[C@@H](Nc1cc(-c2cn(S(=O)(=O)c3ccc(C)cc3)c3ncc(F)cc23)ncc1F)C(C)(C)C. The van der Waals surface area contributed by atoms with Crippen LogP contribution in [0, 0.1) is 24.0 Å². The van der Waals surface area contributed by atoms with Gasteiger partial charge in [-0.05, 0) is 48.8 Å². The Morgan fingerprint density at radius 2 is 1.82 bits per heavy atom. The van der Waals surface area contributed by atoms with Gasteiger partial charge < -0.3 is 10.1 Å². The zero-order valence-corrected chi connectivity index (χ0v) is 23.3. The topological polar surface area (TPSA) is 86.1 Å². The molecule has 0 saturated carbocycles. The molecular formula is C27H28F2N4O3S2. The van der Waals surface area contributed by atoms with Gasteiger partial charge in [0.25, 0.3) is 10.0 Å². The summed E-state index contributed by atoms with van der Waals surface area (Å²) in [5.41, 5.74) is 1.25. The molecule has 1 aromatic carbocycles. The maximum Gasteiger partial charge on any atom is 0.269 e. The van der Waals surface area contributed by atoms with E-state index in [1.807, 2.05) is 27.7 Å². The number of nitrogens with one attached hydrogen (secondary N) is 1. The van der Waals surface area contributed by atoms with Gasteiger partial charge in [0, 0.05) is 24.1 Å². The van der Waals surface area contributed by atoms with E-state index in [1.54, 1.807) is 19.1 Å². The van der Waals surface area contributed by atoms with Crippen molar-refractivity contribution in [2.75, 3.05) is 11.9 Å². The van der Waals surface area contributed by atoms with Crippen molar-refractivity contribution in [3.8, 4) is 11.3 Å². The fraction of sp³-hybridized carbons (Fsp3) is 0.296. The first-order valence-corrected chi connectivity index (χ1v) is 13.7. The Hall–Kier alpha value is -3.44. The number of fused-ring (bicyclic) bond motifs is 1. The number of halogens is 2. The molecule has 200 valence electrons. The third-order valence-electron chi connectivity index (χ3n) is 6.12. The Morgan fingerprint density at radius 3 is 2.45 bits per heavy atom. The summed E-state index contributed by atoms with van der Waals surface area (Å²) in [7, 11) is -4.07. The molecule has 1 atom stereocenters. The van der Waals surface area contributed by atoms with E-state index in [-0.39, 0.29) is 50.9 Å². The summed E-state index contributed by atoms with van der Waals surface area (Å²) in [6.07, 6.45) is 3.31. The fourth-order valence-corrected chi connectivity index (χ4v) is 5.25. The van der Waals surface area contributed by atoms with Crippen LogP contribution < -0.4 is 5.32 Å². The molecule has 3 heterocycles. The van der Waals surface area contributed by atoms with Crippen LogP contribution >= 0.6 is 12.2 Å². The van der Waals surface area contributed by atoms with Crippen molar-refractivity contribution in [3.63, 3.8) is 0 Å². The minimum atomic E-state index is -4.07. The normalized spacial score (nSPS) is 12.9. The highest BCUT2D eigenvalue weighted by atomic mass is 32.2. The number of benzene rings is 1. The average molecular weight is 559 g/mol. The molecule has 1 N–H and O–H groups in total. The lowest BCUT2D eigenvalue weighted by atomic mass is 9.87. The Morgan fingerprint density at radius 1 is 1.13 bits per heavy atom. The molecule has 38 heavy (non-hydrogen) atoms. The Labute approximate surface area is 225 Å². The van der Waals surface area contributed by atoms with Crippen LogP contribution in [0.3, 0.4) is 0 Å². The smallest absolute Gasteiger partial charge is 0.269 e. The molecule has 0 aliphatic heterocycles. The molecule has 3 aromatic heterocycles. The number of nitrogens with zero attached hydrogens (tertiary/aromatic N) is 3. The lowest BCUT2D eigenvalue weighted by Crippen LogP contribution is -2.38. The quantitative estimate of drug-likeness (QED) is 0.274. The lowest BCUT2D eigenvalue weighted by Gasteiger charge is -2.32. The number of thiocarbonyl (C=S) groups is 1. The highest BCUT2D eigenvalue weighted by Crippen LogP contribution is 2.34. The van der Waals surface area contributed by atoms with Crippen molar-refractivity contribution >= 4 is 44.0 Å². The van der Waals surface area contributed by atoms with Gasteiger partial charge >= 0.3 is 0 Å². The molecule has 11 heteroatoms. The Kier molecular flexibility index (Phi) is 7.53. The lowest BCUT2D eigenvalue weighted by molar-refractivity contribution is 0.213. The fourth-order valence-electron chi connectivity index (χ4n) is 3.86. The second-order valence-electron chi connectivity index (χ2n) is 10.1. The second-order valence-corrected chi connectivity index (χ2v) is 12.5. The van der Waals surface area contributed by atoms with Crippen molar-refractivity contribution in [1.29, 1.82) is 0 Å². The van der Waals surface area contributed by atoms with Crippen molar-refractivity contribution < 1.29 is 21.9 Å². The second kappa shape index (κ2) is 10.4. The number of ether oxygens (including phenoxy) is 1. The number of hydrogen-bond acceptors (Lipinski definition) is 7. The molecule has 0 radical (unpaired) electrons. The number of pyridine rings is 2. The molecule has 0 spiro atoms. The van der Waals surface area contributed by atoms with Crippen LogP contribution in [0.25, 0.3) is 22.3 Å². The van der Waals surface area contributed by atoms with E-state index in [4.69, 9.17) is 17.0 Å². The summed E-state index contributed by atoms with van der Waals surface area (Å²) in [6, 6.07) is 8.68. The van der Waals surface area contributed by atoms with E-state index in [0.717, 1.165) is 21.9 Å². The molecule has 0 fully saturated rings. The molecule has 0 aliphatic rings.